The number of benzene rings is 2. The first-order valence-corrected chi connectivity index (χ1v) is 10.9. The van der Waals surface area contributed by atoms with Crippen LogP contribution in [0, 0.1) is 0 Å². The number of nitrogens with zero attached hydrogens (tertiary/aromatic N) is 1. The third-order valence-electron chi connectivity index (χ3n) is 5.27. The molecule has 1 atom stereocenters. The van der Waals surface area contributed by atoms with Crippen LogP contribution in [0.3, 0.4) is 0 Å². The van der Waals surface area contributed by atoms with Crippen LogP contribution in [-0.4, -0.2) is 49.4 Å². The fourth-order valence-electron chi connectivity index (χ4n) is 3.39. The molecule has 0 spiro atoms. The smallest absolute Gasteiger partial charge is 0.338 e. The lowest BCUT2D eigenvalue weighted by Crippen LogP contribution is -2.46. The summed E-state index contributed by atoms with van der Waals surface area (Å²) in [6.07, 6.45) is 0. The van der Waals surface area contributed by atoms with Gasteiger partial charge in [0.25, 0.3) is 0 Å². The Bertz CT molecular complexity index is 1040. The van der Waals surface area contributed by atoms with Gasteiger partial charge < -0.3 is 30.3 Å². The summed E-state index contributed by atoms with van der Waals surface area (Å²) in [6.45, 7) is 2.70. The molecule has 3 N–H and O–H groups in total. The van der Waals surface area contributed by atoms with Gasteiger partial charge in [-0.05, 0) is 42.4 Å². The van der Waals surface area contributed by atoms with E-state index in [1.54, 1.807) is 25.1 Å². The third kappa shape index (κ3) is 6.30. The van der Waals surface area contributed by atoms with Crippen molar-refractivity contribution in [3.63, 3.8) is 0 Å². The quantitative estimate of drug-likeness (QED) is 0.311. The predicted octanol–water partition coefficient (Wildman–Crippen LogP) is 3.33. The lowest BCUT2D eigenvalue weighted by Gasteiger charge is -2.35. The van der Waals surface area contributed by atoms with E-state index in [2.05, 4.69) is 16.0 Å². The van der Waals surface area contributed by atoms with Gasteiger partial charge in [0, 0.05) is 32.1 Å². The fraction of sp³-hybridized carbons (Fsp3) is 0.292. The number of allylic oxidation sites excluding steroid dienone is 1. The molecule has 8 nitrogen and oxygen atoms in total. The van der Waals surface area contributed by atoms with Gasteiger partial charge in [0.2, 0.25) is 0 Å². The maximum absolute atomic E-state index is 12.9. The molecule has 2 aromatic carbocycles. The first-order chi connectivity index (χ1) is 15.9. The number of esters is 1. The number of rotatable bonds is 8. The number of carbonyl (C=O) groups is 2. The van der Waals surface area contributed by atoms with Crippen molar-refractivity contribution in [3.8, 4) is 0 Å². The molecule has 2 amide bonds. The molecule has 0 bridgehead atoms. The van der Waals surface area contributed by atoms with Crippen molar-refractivity contribution in [2.75, 3.05) is 32.7 Å². The van der Waals surface area contributed by atoms with Crippen LogP contribution in [0.4, 0.5) is 10.5 Å². The summed E-state index contributed by atoms with van der Waals surface area (Å²) in [5, 5.41) is 9.36. The van der Waals surface area contributed by atoms with Gasteiger partial charge in [0.15, 0.2) is 5.11 Å². The van der Waals surface area contributed by atoms with Gasteiger partial charge in [-0.15, -0.1) is 0 Å². The van der Waals surface area contributed by atoms with E-state index in [4.69, 9.17) is 21.7 Å². The summed E-state index contributed by atoms with van der Waals surface area (Å²) in [4.78, 5) is 27.0. The van der Waals surface area contributed by atoms with E-state index in [1.807, 2.05) is 55.5 Å². The Morgan fingerprint density at radius 3 is 2.61 bits per heavy atom. The van der Waals surface area contributed by atoms with Crippen molar-refractivity contribution >= 4 is 35.0 Å². The van der Waals surface area contributed by atoms with E-state index < -0.39 is 12.0 Å². The second kappa shape index (κ2) is 11.4. The Labute approximate surface area is 198 Å². The molecule has 9 heteroatoms. The van der Waals surface area contributed by atoms with Crippen molar-refractivity contribution in [2.45, 2.75) is 19.5 Å². The summed E-state index contributed by atoms with van der Waals surface area (Å²) >= 11 is 5.44. The van der Waals surface area contributed by atoms with Crippen molar-refractivity contribution in [1.29, 1.82) is 0 Å². The highest BCUT2D eigenvalue weighted by Crippen LogP contribution is 2.31. The lowest BCUT2D eigenvalue weighted by atomic mass is 9.95. The highest BCUT2D eigenvalue weighted by Gasteiger charge is 2.33. The van der Waals surface area contributed by atoms with Crippen molar-refractivity contribution in [1.82, 2.24) is 15.5 Å². The minimum absolute atomic E-state index is 0.149. The van der Waals surface area contributed by atoms with Gasteiger partial charge in [-0.1, -0.05) is 42.5 Å². The molecule has 33 heavy (non-hydrogen) atoms. The van der Waals surface area contributed by atoms with Gasteiger partial charge in [-0.3, -0.25) is 0 Å². The van der Waals surface area contributed by atoms with Gasteiger partial charge in [-0.2, -0.15) is 0 Å². The van der Waals surface area contributed by atoms with Crippen LogP contribution in [0.25, 0.3) is 0 Å². The van der Waals surface area contributed by atoms with Crippen LogP contribution in [-0.2, 0) is 20.8 Å². The van der Waals surface area contributed by atoms with Crippen LogP contribution < -0.4 is 16.0 Å². The molecule has 2 aromatic rings. The van der Waals surface area contributed by atoms with E-state index in [9.17, 15) is 9.59 Å². The highest BCUT2D eigenvalue weighted by molar-refractivity contribution is 7.80. The average Bonchev–Trinajstić information content (AvgIpc) is 2.82. The largest absolute Gasteiger partial charge is 0.460 e. The maximum Gasteiger partial charge on any atom is 0.338 e. The molecule has 0 aliphatic carbocycles. The van der Waals surface area contributed by atoms with Crippen LogP contribution >= 0.6 is 12.2 Å². The Morgan fingerprint density at radius 1 is 1.12 bits per heavy atom. The van der Waals surface area contributed by atoms with E-state index in [-0.39, 0.29) is 12.6 Å². The molecular formula is C24H28N4O4S. The summed E-state index contributed by atoms with van der Waals surface area (Å²) in [7, 11) is 3.34. The predicted molar refractivity (Wildman–Crippen MR) is 131 cm³/mol. The number of hydrogen-bond donors (Lipinski definition) is 3. The van der Waals surface area contributed by atoms with Crippen molar-refractivity contribution in [3.05, 3.63) is 77.0 Å². The number of thiocarbonyl (C=S) groups is 1. The highest BCUT2D eigenvalue weighted by atomic mass is 32.1. The Morgan fingerprint density at radius 2 is 1.88 bits per heavy atom. The minimum atomic E-state index is -0.516. The van der Waals surface area contributed by atoms with Crippen molar-refractivity contribution in [2.24, 2.45) is 0 Å². The SMILES string of the molecule is COCCOC(=O)C1=C(C)N(C)C(=S)N[C@H]1c1cccc(NC(=O)NCc2ccccc2)c1. The monoisotopic (exact) mass is 468 g/mol. The number of hydrogen-bond acceptors (Lipinski definition) is 5. The van der Waals surface area contributed by atoms with Crippen LogP contribution in [0.2, 0.25) is 0 Å². The molecule has 0 saturated heterocycles. The van der Waals surface area contributed by atoms with Gasteiger partial charge >= 0.3 is 12.0 Å². The van der Waals surface area contributed by atoms with Crippen LogP contribution in [0.1, 0.15) is 24.1 Å². The molecule has 3 rings (SSSR count). The van der Waals surface area contributed by atoms with Crippen molar-refractivity contribution < 1.29 is 19.1 Å². The third-order valence-corrected chi connectivity index (χ3v) is 5.66. The first kappa shape index (κ1) is 24.2. The van der Waals surface area contributed by atoms with E-state index in [0.29, 0.717) is 35.2 Å². The summed E-state index contributed by atoms with van der Waals surface area (Å²) in [6, 6.07) is 16.1. The Hall–Kier alpha value is -3.43. The summed E-state index contributed by atoms with van der Waals surface area (Å²) in [5.74, 6) is -0.449. The van der Waals surface area contributed by atoms with Gasteiger partial charge in [0.1, 0.15) is 6.61 Å². The minimum Gasteiger partial charge on any atom is -0.460 e. The van der Waals surface area contributed by atoms with Gasteiger partial charge in [-0.25, -0.2) is 9.59 Å². The standard InChI is InChI=1S/C24H28N4O4S/c1-16-20(22(29)32-13-12-31-3)21(27-24(33)28(16)2)18-10-7-11-19(14-18)26-23(30)25-15-17-8-5-4-6-9-17/h4-11,14,21H,12-13,15H2,1-3H3,(H,27,33)(H2,25,26,30)/t21-/m0/s1. The Kier molecular flexibility index (Phi) is 8.39. The molecule has 0 unspecified atom stereocenters. The molecule has 1 aliphatic rings. The molecule has 0 fully saturated rings. The number of carbonyl (C=O) groups excluding carboxylic acids is 2. The zero-order valence-electron chi connectivity index (χ0n) is 18.9. The molecule has 0 saturated carbocycles. The van der Waals surface area contributed by atoms with Crippen LogP contribution in [0.15, 0.2) is 65.9 Å². The number of urea groups is 1. The van der Waals surface area contributed by atoms with E-state index in [1.165, 1.54) is 0 Å². The molecule has 174 valence electrons. The first-order valence-electron chi connectivity index (χ1n) is 10.5. The van der Waals surface area contributed by atoms with E-state index in [0.717, 1.165) is 11.1 Å². The number of anilines is 1. The second-order valence-electron chi connectivity index (χ2n) is 7.49. The molecule has 1 aliphatic heterocycles. The maximum atomic E-state index is 12.9. The average molecular weight is 469 g/mol. The van der Waals surface area contributed by atoms with E-state index >= 15 is 0 Å². The van der Waals surface area contributed by atoms with Gasteiger partial charge in [0.05, 0.1) is 18.2 Å². The zero-order valence-corrected chi connectivity index (χ0v) is 19.7. The number of nitrogens with one attached hydrogen (secondary N) is 3. The number of methoxy groups -OCH3 is 1. The number of ether oxygens (including phenoxy) is 2. The summed E-state index contributed by atoms with van der Waals surface area (Å²) in [5.41, 5.74) is 3.51. The lowest BCUT2D eigenvalue weighted by molar-refractivity contribution is -0.140. The molecule has 1 heterocycles. The number of amides is 2. The fourth-order valence-corrected chi connectivity index (χ4v) is 3.65. The molecule has 0 radical (unpaired) electrons. The Balaban J connectivity index is 1.76. The molecular weight excluding hydrogens is 440 g/mol. The summed E-state index contributed by atoms with van der Waals surface area (Å²) < 4.78 is 10.4. The zero-order chi connectivity index (χ0) is 23.8. The second-order valence-corrected chi connectivity index (χ2v) is 7.87. The molecule has 0 aromatic heterocycles. The van der Waals surface area contributed by atoms with Crippen LogP contribution in [0.5, 0.6) is 0 Å². The topological polar surface area (TPSA) is 91.9 Å². The normalized spacial score (nSPS) is 15.7.